The van der Waals surface area contributed by atoms with Gasteiger partial charge in [-0.1, -0.05) is 5.16 Å². The Balaban J connectivity index is 2.22. The van der Waals surface area contributed by atoms with Crippen molar-refractivity contribution >= 4 is 5.71 Å². The van der Waals surface area contributed by atoms with Gasteiger partial charge < -0.3 is 9.94 Å². The molecular weight excluding hydrogens is 266 g/mol. The lowest BCUT2D eigenvalue weighted by atomic mass is 10.1. The average Bonchev–Trinajstić information content (AvgIpc) is 2.44. The molecule has 0 saturated heterocycles. The van der Waals surface area contributed by atoms with Gasteiger partial charge in [0.1, 0.15) is 24.0 Å². The molecule has 2 aromatic rings. The summed E-state index contributed by atoms with van der Waals surface area (Å²) in [7, 11) is 0. The van der Waals surface area contributed by atoms with Crippen molar-refractivity contribution in [1.82, 2.24) is 4.98 Å². The van der Waals surface area contributed by atoms with E-state index in [1.54, 1.807) is 6.92 Å². The van der Waals surface area contributed by atoms with Gasteiger partial charge in [0.15, 0.2) is 0 Å². The van der Waals surface area contributed by atoms with Gasteiger partial charge in [0.05, 0.1) is 11.9 Å². The molecule has 1 heterocycles. The second-order valence-electron chi connectivity index (χ2n) is 4.13. The second-order valence-corrected chi connectivity index (χ2v) is 4.13. The number of ether oxygens (including phenoxy) is 1. The fourth-order valence-corrected chi connectivity index (χ4v) is 1.66. The van der Waals surface area contributed by atoms with E-state index in [4.69, 9.17) is 9.94 Å². The van der Waals surface area contributed by atoms with Crippen LogP contribution in [0.2, 0.25) is 0 Å². The van der Waals surface area contributed by atoms with Crippen LogP contribution in [-0.2, 0) is 6.61 Å². The Morgan fingerprint density at radius 2 is 2.05 bits per heavy atom. The van der Waals surface area contributed by atoms with Crippen LogP contribution in [0.15, 0.2) is 41.8 Å². The molecule has 20 heavy (non-hydrogen) atoms. The zero-order chi connectivity index (χ0) is 14.5. The highest BCUT2D eigenvalue weighted by molar-refractivity contribution is 6.00. The van der Waals surface area contributed by atoms with Crippen LogP contribution in [0.25, 0.3) is 0 Å². The molecule has 0 fully saturated rings. The Kier molecular flexibility index (Phi) is 4.24. The molecule has 0 saturated carbocycles. The van der Waals surface area contributed by atoms with Crippen LogP contribution in [0.1, 0.15) is 18.1 Å². The molecule has 0 unspecified atom stereocenters. The van der Waals surface area contributed by atoms with Crippen molar-refractivity contribution in [2.45, 2.75) is 13.5 Å². The SMILES string of the molecule is C/C(=N/O)c1ccc(F)cc1OCc1cncc(F)c1. The predicted octanol–water partition coefficient (Wildman–Crippen LogP) is 3.14. The summed E-state index contributed by atoms with van der Waals surface area (Å²) in [6, 6.07) is 5.14. The fraction of sp³-hybridized carbons (Fsp3) is 0.143. The van der Waals surface area contributed by atoms with E-state index >= 15 is 0 Å². The first-order chi connectivity index (χ1) is 9.60. The molecule has 1 aromatic carbocycles. The molecule has 0 amide bonds. The molecule has 104 valence electrons. The van der Waals surface area contributed by atoms with Gasteiger partial charge in [-0.15, -0.1) is 0 Å². The average molecular weight is 278 g/mol. The van der Waals surface area contributed by atoms with Crippen molar-refractivity contribution < 1.29 is 18.7 Å². The first-order valence-corrected chi connectivity index (χ1v) is 5.81. The van der Waals surface area contributed by atoms with E-state index in [1.807, 2.05) is 0 Å². The molecule has 1 N–H and O–H groups in total. The third-order valence-electron chi connectivity index (χ3n) is 2.64. The van der Waals surface area contributed by atoms with Gasteiger partial charge in [-0.3, -0.25) is 4.98 Å². The van der Waals surface area contributed by atoms with E-state index in [2.05, 4.69) is 10.1 Å². The lowest BCUT2D eigenvalue weighted by molar-refractivity contribution is 0.301. The van der Waals surface area contributed by atoms with Crippen molar-refractivity contribution in [3.63, 3.8) is 0 Å². The number of hydrogen-bond donors (Lipinski definition) is 1. The molecule has 0 atom stereocenters. The number of pyridine rings is 1. The predicted molar refractivity (Wildman–Crippen MR) is 68.9 cm³/mol. The Labute approximate surface area is 114 Å². The Morgan fingerprint density at radius 1 is 1.25 bits per heavy atom. The number of aromatic nitrogens is 1. The lowest BCUT2D eigenvalue weighted by Crippen LogP contribution is -2.03. The summed E-state index contributed by atoms with van der Waals surface area (Å²) in [6.45, 7) is 1.59. The molecule has 0 radical (unpaired) electrons. The topological polar surface area (TPSA) is 54.7 Å². The van der Waals surface area contributed by atoms with Crippen LogP contribution in [0, 0.1) is 11.6 Å². The van der Waals surface area contributed by atoms with Gasteiger partial charge >= 0.3 is 0 Å². The van der Waals surface area contributed by atoms with Crippen LogP contribution in [0.5, 0.6) is 5.75 Å². The number of nitrogens with zero attached hydrogens (tertiary/aromatic N) is 2. The summed E-state index contributed by atoms with van der Waals surface area (Å²) in [4.78, 5) is 3.69. The minimum Gasteiger partial charge on any atom is -0.488 e. The summed E-state index contributed by atoms with van der Waals surface area (Å²) in [6.07, 6.45) is 2.54. The minimum atomic E-state index is -0.480. The minimum absolute atomic E-state index is 0.0277. The summed E-state index contributed by atoms with van der Waals surface area (Å²) < 4.78 is 31.7. The number of oxime groups is 1. The lowest BCUT2D eigenvalue weighted by Gasteiger charge is -2.11. The van der Waals surface area contributed by atoms with Crippen LogP contribution in [0.4, 0.5) is 8.78 Å². The van der Waals surface area contributed by atoms with Crippen molar-refractivity contribution in [2.75, 3.05) is 0 Å². The molecule has 4 nitrogen and oxygen atoms in total. The number of halogens is 2. The molecule has 0 aliphatic rings. The van der Waals surface area contributed by atoms with Crippen molar-refractivity contribution in [3.8, 4) is 5.75 Å². The normalized spacial score (nSPS) is 11.4. The highest BCUT2D eigenvalue weighted by Gasteiger charge is 2.09. The zero-order valence-corrected chi connectivity index (χ0v) is 10.7. The summed E-state index contributed by atoms with van der Waals surface area (Å²) in [5.41, 5.74) is 1.26. The quantitative estimate of drug-likeness (QED) is 0.531. The van der Waals surface area contributed by atoms with Gasteiger partial charge in [-0.2, -0.15) is 0 Å². The van der Waals surface area contributed by atoms with Gasteiger partial charge in [0, 0.05) is 23.4 Å². The van der Waals surface area contributed by atoms with Crippen LogP contribution < -0.4 is 4.74 Å². The Bertz CT molecular complexity index is 645. The maximum atomic E-state index is 13.2. The smallest absolute Gasteiger partial charge is 0.141 e. The maximum absolute atomic E-state index is 13.2. The standard InChI is InChI=1S/C14H12F2N2O2/c1-9(18-19)13-3-2-11(15)5-14(13)20-8-10-4-12(16)7-17-6-10/h2-7,19H,8H2,1H3/b18-9-. The van der Waals surface area contributed by atoms with Gasteiger partial charge in [0.25, 0.3) is 0 Å². The monoisotopic (exact) mass is 278 g/mol. The van der Waals surface area contributed by atoms with Crippen LogP contribution in [0.3, 0.4) is 0 Å². The summed E-state index contributed by atoms with van der Waals surface area (Å²) in [5.74, 6) is -0.741. The third-order valence-corrected chi connectivity index (χ3v) is 2.64. The first-order valence-electron chi connectivity index (χ1n) is 5.81. The maximum Gasteiger partial charge on any atom is 0.141 e. The fourth-order valence-electron chi connectivity index (χ4n) is 1.66. The van der Waals surface area contributed by atoms with Gasteiger partial charge in [-0.05, 0) is 25.1 Å². The molecule has 6 heteroatoms. The Hall–Kier alpha value is -2.50. The van der Waals surface area contributed by atoms with E-state index in [-0.39, 0.29) is 18.1 Å². The molecule has 2 rings (SSSR count). The van der Waals surface area contributed by atoms with Crippen LogP contribution >= 0.6 is 0 Å². The number of rotatable bonds is 4. The first kappa shape index (κ1) is 13.9. The second kappa shape index (κ2) is 6.10. The van der Waals surface area contributed by atoms with Gasteiger partial charge in [0.2, 0.25) is 0 Å². The molecular formula is C14H12F2N2O2. The number of hydrogen-bond acceptors (Lipinski definition) is 4. The van der Waals surface area contributed by atoms with Crippen molar-refractivity contribution in [1.29, 1.82) is 0 Å². The van der Waals surface area contributed by atoms with Gasteiger partial charge in [-0.25, -0.2) is 8.78 Å². The molecule has 0 bridgehead atoms. The molecule has 1 aromatic heterocycles. The van der Waals surface area contributed by atoms with E-state index < -0.39 is 11.6 Å². The third kappa shape index (κ3) is 3.28. The highest BCUT2D eigenvalue weighted by atomic mass is 19.1. The van der Waals surface area contributed by atoms with Crippen molar-refractivity contribution in [2.24, 2.45) is 5.16 Å². The van der Waals surface area contributed by atoms with E-state index in [0.29, 0.717) is 11.1 Å². The van der Waals surface area contributed by atoms with E-state index in [9.17, 15) is 8.78 Å². The number of benzene rings is 1. The summed E-state index contributed by atoms with van der Waals surface area (Å²) in [5, 5.41) is 11.8. The highest BCUT2D eigenvalue weighted by Crippen LogP contribution is 2.22. The largest absolute Gasteiger partial charge is 0.488 e. The van der Waals surface area contributed by atoms with Crippen LogP contribution in [-0.4, -0.2) is 15.9 Å². The zero-order valence-electron chi connectivity index (χ0n) is 10.7. The summed E-state index contributed by atoms with van der Waals surface area (Å²) >= 11 is 0. The molecule has 0 aliphatic heterocycles. The van der Waals surface area contributed by atoms with Crippen molar-refractivity contribution in [3.05, 3.63) is 59.4 Å². The molecule has 0 spiro atoms. The van der Waals surface area contributed by atoms with E-state index in [0.717, 1.165) is 6.20 Å². The Morgan fingerprint density at radius 3 is 2.75 bits per heavy atom. The molecule has 0 aliphatic carbocycles. The van der Waals surface area contributed by atoms with E-state index in [1.165, 1.54) is 30.5 Å².